The fourth-order valence-corrected chi connectivity index (χ4v) is 1.49. The lowest BCUT2D eigenvalue weighted by Gasteiger charge is -2.20. The Morgan fingerprint density at radius 3 is 2.72 bits per heavy atom. The normalized spacial score (nSPS) is 13.9. The Morgan fingerprint density at radius 1 is 1.50 bits per heavy atom. The van der Waals surface area contributed by atoms with Gasteiger partial charge in [-0.2, -0.15) is 5.10 Å². The third kappa shape index (κ3) is 4.15. The largest absolute Gasteiger partial charge is 0.480 e. The zero-order chi connectivity index (χ0) is 13.5. The maximum Gasteiger partial charge on any atom is 0.326 e. The van der Waals surface area contributed by atoms with Crippen LogP contribution in [-0.4, -0.2) is 37.8 Å². The van der Waals surface area contributed by atoms with E-state index in [1.807, 2.05) is 6.92 Å². The predicted octanol–water partition coefficient (Wildman–Crippen LogP) is 0.284. The lowest BCUT2D eigenvalue weighted by molar-refractivity contribution is -0.143. The lowest BCUT2D eigenvalue weighted by atomic mass is 9.99. The number of hydrogen-bond acceptors (Lipinski definition) is 4. The minimum atomic E-state index is -1.00. The van der Waals surface area contributed by atoms with Crippen molar-refractivity contribution in [1.82, 2.24) is 20.1 Å². The van der Waals surface area contributed by atoms with Gasteiger partial charge in [-0.25, -0.2) is 9.78 Å². The molecule has 18 heavy (non-hydrogen) atoms. The molecule has 2 unspecified atom stereocenters. The molecule has 1 heterocycles. The maximum absolute atomic E-state index is 11.6. The van der Waals surface area contributed by atoms with E-state index in [1.54, 1.807) is 6.92 Å². The van der Waals surface area contributed by atoms with E-state index in [1.165, 1.54) is 17.3 Å². The Bertz CT molecular complexity index is 391. The molecule has 0 aliphatic rings. The summed E-state index contributed by atoms with van der Waals surface area (Å²) in [5.74, 6) is -1.39. The summed E-state index contributed by atoms with van der Waals surface area (Å²) in [7, 11) is 0. The molecule has 0 aromatic carbocycles. The summed E-state index contributed by atoms with van der Waals surface area (Å²) < 4.78 is 1.53. The van der Waals surface area contributed by atoms with Crippen LogP contribution >= 0.6 is 0 Å². The van der Waals surface area contributed by atoms with E-state index in [2.05, 4.69) is 15.4 Å². The van der Waals surface area contributed by atoms with E-state index >= 15 is 0 Å². The second-order valence-electron chi connectivity index (χ2n) is 4.18. The van der Waals surface area contributed by atoms with Crippen LogP contribution in [0, 0.1) is 5.92 Å². The quantitative estimate of drug-likeness (QED) is 0.728. The number of aromatic nitrogens is 3. The summed E-state index contributed by atoms with van der Waals surface area (Å²) in [5, 5.41) is 15.4. The number of aliphatic carboxylic acids is 1. The molecule has 1 aromatic rings. The average molecular weight is 254 g/mol. The smallest absolute Gasteiger partial charge is 0.326 e. The van der Waals surface area contributed by atoms with Gasteiger partial charge in [0.15, 0.2) is 0 Å². The summed E-state index contributed by atoms with van der Waals surface area (Å²) in [5.41, 5.74) is 0. The molecule has 0 aliphatic carbocycles. The number of carbonyl (C=O) groups is 2. The van der Waals surface area contributed by atoms with E-state index in [-0.39, 0.29) is 18.2 Å². The highest BCUT2D eigenvalue weighted by Gasteiger charge is 2.24. The molecule has 2 N–H and O–H groups in total. The minimum absolute atomic E-state index is 0.0992. The average Bonchev–Trinajstić information content (AvgIpc) is 2.85. The third-order valence-electron chi connectivity index (χ3n) is 2.83. The number of amides is 1. The van der Waals surface area contributed by atoms with Gasteiger partial charge in [0.05, 0.1) is 6.54 Å². The molecule has 7 nitrogen and oxygen atoms in total. The van der Waals surface area contributed by atoms with Gasteiger partial charge in [-0.15, -0.1) is 0 Å². The van der Waals surface area contributed by atoms with E-state index in [0.29, 0.717) is 13.0 Å². The first kappa shape index (κ1) is 14.1. The number of nitrogens with one attached hydrogen (secondary N) is 1. The molecule has 0 fully saturated rings. The Balaban J connectivity index is 2.44. The van der Waals surface area contributed by atoms with Crippen molar-refractivity contribution in [2.45, 2.75) is 39.3 Å². The van der Waals surface area contributed by atoms with Gasteiger partial charge in [-0.05, 0) is 5.92 Å². The van der Waals surface area contributed by atoms with Gasteiger partial charge in [-0.1, -0.05) is 20.3 Å². The van der Waals surface area contributed by atoms with Crippen molar-refractivity contribution in [2.75, 3.05) is 0 Å². The molecule has 0 bridgehead atoms. The third-order valence-corrected chi connectivity index (χ3v) is 2.83. The molecular weight excluding hydrogens is 236 g/mol. The number of carboxylic acids is 1. The molecule has 100 valence electrons. The van der Waals surface area contributed by atoms with E-state index in [0.717, 1.165) is 0 Å². The van der Waals surface area contributed by atoms with Crippen molar-refractivity contribution < 1.29 is 14.7 Å². The van der Waals surface area contributed by atoms with Gasteiger partial charge < -0.3 is 10.4 Å². The van der Waals surface area contributed by atoms with Crippen molar-refractivity contribution in [3.05, 3.63) is 12.7 Å². The van der Waals surface area contributed by atoms with Gasteiger partial charge in [0, 0.05) is 6.42 Å². The molecule has 0 spiro atoms. The summed E-state index contributed by atoms with van der Waals surface area (Å²) in [6.45, 7) is 4.08. The lowest BCUT2D eigenvalue weighted by Crippen LogP contribution is -2.45. The predicted molar refractivity (Wildman–Crippen MR) is 63.7 cm³/mol. The Labute approximate surface area is 105 Å². The van der Waals surface area contributed by atoms with Gasteiger partial charge in [0.25, 0.3) is 0 Å². The van der Waals surface area contributed by atoms with E-state index in [4.69, 9.17) is 5.11 Å². The van der Waals surface area contributed by atoms with Gasteiger partial charge >= 0.3 is 5.97 Å². The van der Waals surface area contributed by atoms with Crippen LogP contribution in [0.25, 0.3) is 0 Å². The number of carboxylic acid groups (broad SMARTS) is 1. The Morgan fingerprint density at radius 2 is 2.22 bits per heavy atom. The van der Waals surface area contributed by atoms with Crippen LogP contribution in [-0.2, 0) is 16.1 Å². The number of nitrogens with zero attached hydrogens (tertiary/aromatic N) is 3. The summed E-state index contributed by atoms with van der Waals surface area (Å²) in [6, 6.07) is -0.835. The summed E-state index contributed by atoms with van der Waals surface area (Å²) in [4.78, 5) is 26.4. The number of hydrogen-bond donors (Lipinski definition) is 2. The first-order valence-corrected chi connectivity index (χ1v) is 5.89. The molecule has 1 amide bonds. The van der Waals surface area contributed by atoms with E-state index in [9.17, 15) is 9.59 Å². The molecule has 2 atom stereocenters. The molecule has 0 saturated heterocycles. The fourth-order valence-electron chi connectivity index (χ4n) is 1.49. The highest BCUT2D eigenvalue weighted by Crippen LogP contribution is 2.08. The topological polar surface area (TPSA) is 97.1 Å². The van der Waals surface area contributed by atoms with E-state index < -0.39 is 12.0 Å². The van der Waals surface area contributed by atoms with Gasteiger partial charge in [0.2, 0.25) is 5.91 Å². The van der Waals surface area contributed by atoms with Crippen LogP contribution < -0.4 is 5.32 Å². The van der Waals surface area contributed by atoms with Crippen LogP contribution in [0.3, 0.4) is 0 Å². The van der Waals surface area contributed by atoms with Gasteiger partial charge in [-0.3, -0.25) is 9.48 Å². The number of rotatable bonds is 7. The first-order valence-electron chi connectivity index (χ1n) is 5.89. The molecule has 0 saturated carbocycles. The second kappa shape index (κ2) is 6.73. The van der Waals surface area contributed by atoms with Crippen molar-refractivity contribution in [1.29, 1.82) is 0 Å². The van der Waals surface area contributed by atoms with Crippen molar-refractivity contribution in [3.8, 4) is 0 Å². The monoisotopic (exact) mass is 254 g/mol. The molecule has 0 radical (unpaired) electrons. The SMILES string of the molecule is CCC(C)C(NC(=O)CCn1cncn1)C(=O)O. The molecule has 1 aromatic heterocycles. The second-order valence-corrected chi connectivity index (χ2v) is 4.18. The van der Waals surface area contributed by atoms with Crippen molar-refractivity contribution in [2.24, 2.45) is 5.92 Å². The Kier molecular flexibility index (Phi) is 5.29. The number of carbonyl (C=O) groups excluding carboxylic acids is 1. The maximum atomic E-state index is 11.6. The van der Waals surface area contributed by atoms with Crippen LogP contribution in [0.5, 0.6) is 0 Å². The first-order chi connectivity index (χ1) is 8.54. The van der Waals surface area contributed by atoms with Crippen molar-refractivity contribution >= 4 is 11.9 Å². The van der Waals surface area contributed by atoms with Crippen molar-refractivity contribution in [3.63, 3.8) is 0 Å². The highest BCUT2D eigenvalue weighted by atomic mass is 16.4. The van der Waals surface area contributed by atoms with Crippen LogP contribution in [0.15, 0.2) is 12.7 Å². The van der Waals surface area contributed by atoms with Gasteiger partial charge in [0.1, 0.15) is 18.7 Å². The number of aryl methyl sites for hydroxylation is 1. The molecular formula is C11H18N4O3. The molecule has 0 aliphatic heterocycles. The zero-order valence-electron chi connectivity index (χ0n) is 10.5. The van der Waals surface area contributed by atoms with Crippen LogP contribution in [0.4, 0.5) is 0 Å². The fraction of sp³-hybridized carbons (Fsp3) is 0.636. The minimum Gasteiger partial charge on any atom is -0.480 e. The summed E-state index contributed by atoms with van der Waals surface area (Å²) in [6.07, 6.45) is 3.78. The van der Waals surface area contributed by atoms with Crippen LogP contribution in [0.1, 0.15) is 26.7 Å². The zero-order valence-corrected chi connectivity index (χ0v) is 10.5. The molecule has 1 rings (SSSR count). The summed E-state index contributed by atoms with van der Waals surface area (Å²) >= 11 is 0. The highest BCUT2D eigenvalue weighted by molar-refractivity contribution is 5.83. The Hall–Kier alpha value is -1.92. The molecule has 7 heteroatoms. The standard InChI is InChI=1S/C11H18N4O3/c1-3-8(2)10(11(17)18)14-9(16)4-5-15-7-12-6-13-15/h6-8,10H,3-5H2,1-2H3,(H,14,16)(H,17,18). The van der Waals surface area contributed by atoms with Crippen LogP contribution in [0.2, 0.25) is 0 Å².